The number of unbranched alkanes of at least 4 members (excludes halogenated alkanes) is 9. The number of terminal acetylenes is 4. The topological polar surface area (TPSA) is 424 Å². The summed E-state index contributed by atoms with van der Waals surface area (Å²) in [5.41, 5.74) is 6.50. The first-order valence-electron chi connectivity index (χ1n) is 31.3. The summed E-state index contributed by atoms with van der Waals surface area (Å²) in [6.07, 6.45) is 32.0. The highest BCUT2D eigenvalue weighted by molar-refractivity contribution is 5.76. The zero-order valence-electron chi connectivity index (χ0n) is 56.2. The van der Waals surface area contributed by atoms with E-state index in [0.29, 0.717) is 54.9 Å². The van der Waals surface area contributed by atoms with Crippen LogP contribution in [0.5, 0.6) is 0 Å². The lowest BCUT2D eigenvalue weighted by Gasteiger charge is -2.10. The van der Waals surface area contributed by atoms with Gasteiger partial charge in [0.05, 0.1) is 36.1 Å². The van der Waals surface area contributed by atoms with Crippen LogP contribution >= 0.6 is 0 Å². The number of aldehydes is 2. The van der Waals surface area contributed by atoms with Crippen molar-refractivity contribution in [2.24, 2.45) is 5.73 Å². The molecule has 102 heavy (non-hydrogen) atoms. The van der Waals surface area contributed by atoms with Crippen molar-refractivity contribution in [3.63, 3.8) is 0 Å². The van der Waals surface area contributed by atoms with Crippen LogP contribution in [0.1, 0.15) is 160 Å². The minimum absolute atomic E-state index is 0.0440. The molecular weight excluding hydrogens is 1340 g/mol. The second-order valence-electron chi connectivity index (χ2n) is 21.5. The molecule has 0 spiro atoms. The number of benzene rings is 6. The molecule has 0 aliphatic heterocycles. The van der Waals surface area contributed by atoms with Crippen LogP contribution in [-0.4, -0.2) is 95.4 Å². The van der Waals surface area contributed by atoms with Crippen LogP contribution in [-0.2, 0) is 11.4 Å². The van der Waals surface area contributed by atoms with Gasteiger partial charge in [0.25, 0.3) is 11.4 Å². The van der Waals surface area contributed by atoms with Gasteiger partial charge in [0.15, 0.2) is 0 Å². The molecule has 0 aliphatic carbocycles. The average Bonchev–Trinajstić information content (AvgIpc) is 0.868. The van der Waals surface area contributed by atoms with Crippen molar-refractivity contribution in [1.82, 2.24) is 0 Å². The van der Waals surface area contributed by atoms with E-state index in [9.17, 15) is 87.8 Å². The van der Waals surface area contributed by atoms with E-state index in [0.717, 1.165) is 137 Å². The number of carbonyl (C=O) groups excluding carboxylic acids is 2. The first-order valence-corrected chi connectivity index (χ1v) is 31.3. The number of nitrogens with one attached hydrogen (secondary N) is 2. The predicted molar refractivity (Wildman–Crippen MR) is 377 cm³/mol. The Kier molecular flexibility index (Phi) is 45.7. The summed E-state index contributed by atoms with van der Waals surface area (Å²) in [6, 6.07) is 23.0. The maximum absolute atomic E-state index is 12.9. The van der Waals surface area contributed by atoms with Crippen molar-refractivity contribution in [3.05, 3.63) is 227 Å². The van der Waals surface area contributed by atoms with Crippen molar-refractivity contribution < 1.29 is 77.1 Å². The summed E-state index contributed by atoms with van der Waals surface area (Å²) in [5.74, 6) is 5.36. The molecule has 27 nitrogen and oxygen atoms in total. The Labute approximate surface area is 586 Å². The normalized spacial score (nSPS) is 11.0. The number of carbonyl (C=O) groups is 2. The SMILES string of the molecule is C#CC(C)c1ccc(F)c([N+](=O)[O-])c1.C#CC(C)c1ccc(NCCCCCC=O)c([N+](=O)[O-])c1.C#CC(C)c1ccc(NCCCCCCO)c([N+](=O)[O-])c1.C#CC(O)c1ccc(F)c([N+](=O)[O-])c1.NCCCCCCO.O=Cc1ccc(F)c([N+](=O)[O-])c1.O=[N+]([O-])c1cc(CO)ccc1F. The molecule has 0 aliphatic rings. The monoisotopic (exact) mass is 1420 g/mol. The number of aliphatic hydroxyl groups is 4. The Morgan fingerprint density at radius 1 is 0.441 bits per heavy atom. The Bertz CT molecular complexity index is 3790. The molecule has 8 N–H and O–H groups in total. The third-order valence-electron chi connectivity index (χ3n) is 14.0. The summed E-state index contributed by atoms with van der Waals surface area (Å²) in [4.78, 5) is 79.5. The maximum atomic E-state index is 12.9. The molecule has 0 saturated heterocycles. The lowest BCUT2D eigenvalue weighted by Crippen LogP contribution is -2.05. The first kappa shape index (κ1) is 90.4. The van der Waals surface area contributed by atoms with Gasteiger partial charge in [-0.25, -0.2) is 0 Å². The Balaban J connectivity index is 0.00000119. The number of aliphatic hydroxyl groups excluding tert-OH is 4. The second kappa shape index (κ2) is 51.6. The third-order valence-corrected chi connectivity index (χ3v) is 14.0. The van der Waals surface area contributed by atoms with Gasteiger partial charge in [-0.1, -0.05) is 86.1 Å². The average molecular weight is 1420 g/mol. The molecule has 0 aromatic heterocycles. The van der Waals surface area contributed by atoms with Crippen LogP contribution in [0.25, 0.3) is 0 Å². The predicted octanol–water partition coefficient (Wildman–Crippen LogP) is 13.9. The van der Waals surface area contributed by atoms with Gasteiger partial charge in [0.2, 0.25) is 23.3 Å². The molecule has 31 heteroatoms. The van der Waals surface area contributed by atoms with E-state index in [2.05, 4.69) is 28.4 Å². The number of nitro groups is 6. The van der Waals surface area contributed by atoms with E-state index in [1.54, 1.807) is 25.1 Å². The minimum atomic E-state index is -1.26. The van der Waals surface area contributed by atoms with E-state index >= 15 is 0 Å². The highest BCUT2D eigenvalue weighted by Crippen LogP contribution is 2.31. The molecule has 0 saturated carbocycles. The van der Waals surface area contributed by atoms with E-state index in [1.807, 2.05) is 31.9 Å². The van der Waals surface area contributed by atoms with Gasteiger partial charge in [-0.05, 0) is 136 Å². The maximum Gasteiger partial charge on any atom is 0.305 e. The molecule has 6 aromatic rings. The number of halogens is 4. The number of anilines is 2. The van der Waals surface area contributed by atoms with Crippen LogP contribution < -0.4 is 16.4 Å². The zero-order valence-corrected chi connectivity index (χ0v) is 56.2. The standard InChI is InChI=1S/C16H22N2O3.C16H20N2O3.C10H8FNO2.C9H6FNO3.C7H6FNO3.C7H4FNO3.C6H15NO/c2*1-3-13(2)14-8-9-15(16(12-14)18(20)21)17-10-6-4-5-7-11-19;1-3-7(2)8-4-5-9(11)10(6-8)12(13)14;1-2-9(12)6-3-4-7(10)8(5-6)11(13)14;2*8-6-2-1-5(4-10)3-7(6)9(11)12;7-5-3-1-2-4-6-8/h1,8-9,12-13,17,19H,4-7,10-11H2,2H3;1,8-9,11-13,17H,4-7,10H2,2H3;1,4-7H,2H3;1,3-5,9,12H;1-3,10H,4H2;1-4H;8H,1-7H2. The van der Waals surface area contributed by atoms with Crippen molar-refractivity contribution in [1.29, 1.82) is 0 Å². The molecule has 4 unspecified atom stereocenters. The lowest BCUT2D eigenvalue weighted by atomic mass is 10.0. The fourth-order valence-corrected chi connectivity index (χ4v) is 8.12. The summed E-state index contributed by atoms with van der Waals surface area (Å²) in [5, 5.41) is 104. The summed E-state index contributed by atoms with van der Waals surface area (Å²) < 4.78 is 50.9. The van der Waals surface area contributed by atoms with Gasteiger partial charge in [0, 0.05) is 92.4 Å². The molecule has 4 atom stereocenters. The Hall–Kier alpha value is -11.6. The fraction of sp³-hybridized carbons (Fsp3) is 0.352. The number of nitrogens with two attached hydrogens (primary N) is 1. The fourth-order valence-electron chi connectivity index (χ4n) is 8.12. The summed E-state index contributed by atoms with van der Waals surface area (Å²) in [7, 11) is 0. The number of hydrogen-bond donors (Lipinski definition) is 7. The molecule has 6 rings (SSSR count). The third kappa shape index (κ3) is 34.8. The van der Waals surface area contributed by atoms with E-state index in [-0.39, 0.29) is 58.4 Å². The molecule has 0 bridgehead atoms. The van der Waals surface area contributed by atoms with Gasteiger partial charge >= 0.3 is 22.7 Å². The smallest absolute Gasteiger partial charge is 0.305 e. The molecular formula is C71H81F4N9O18. The van der Waals surface area contributed by atoms with E-state index in [4.69, 9.17) is 51.9 Å². The number of nitrogens with zero attached hydrogens (tertiary/aromatic N) is 6. The highest BCUT2D eigenvalue weighted by atomic mass is 19.1. The number of hydrogen-bond acceptors (Lipinski definition) is 21. The number of nitro benzene ring substituents is 6. The first-order chi connectivity index (χ1) is 48.5. The minimum Gasteiger partial charge on any atom is -0.396 e. The molecule has 0 radical (unpaired) electrons. The highest BCUT2D eigenvalue weighted by Gasteiger charge is 2.21. The van der Waals surface area contributed by atoms with Crippen molar-refractivity contribution in [2.45, 2.75) is 128 Å². The van der Waals surface area contributed by atoms with Gasteiger partial charge in [-0.2, -0.15) is 17.6 Å². The summed E-state index contributed by atoms with van der Waals surface area (Å²) >= 11 is 0. The number of rotatable bonds is 31. The molecule has 6 aromatic carbocycles. The second-order valence-corrected chi connectivity index (χ2v) is 21.5. The Morgan fingerprint density at radius 3 is 1.14 bits per heavy atom. The van der Waals surface area contributed by atoms with E-state index in [1.165, 1.54) is 36.4 Å². The molecule has 546 valence electrons. The largest absolute Gasteiger partial charge is 0.396 e. The molecule has 0 fully saturated rings. The van der Waals surface area contributed by atoms with Crippen molar-refractivity contribution in [3.8, 4) is 49.4 Å². The van der Waals surface area contributed by atoms with Crippen LogP contribution in [0.3, 0.4) is 0 Å². The van der Waals surface area contributed by atoms with E-state index < -0.39 is 76.7 Å². The Morgan fingerprint density at radius 2 is 0.775 bits per heavy atom. The van der Waals surface area contributed by atoms with Crippen LogP contribution in [0.4, 0.5) is 63.1 Å². The zero-order chi connectivity index (χ0) is 77.3. The van der Waals surface area contributed by atoms with Crippen LogP contribution in [0, 0.1) is 133 Å². The summed E-state index contributed by atoms with van der Waals surface area (Å²) in [6.45, 7) is 7.70. The van der Waals surface area contributed by atoms with Crippen LogP contribution in [0.2, 0.25) is 0 Å². The van der Waals surface area contributed by atoms with Gasteiger partial charge < -0.3 is 41.6 Å². The van der Waals surface area contributed by atoms with Crippen LogP contribution in [0.15, 0.2) is 109 Å². The van der Waals surface area contributed by atoms with Gasteiger partial charge in [-0.15, -0.1) is 25.7 Å². The quantitative estimate of drug-likeness (QED) is 0.00531. The van der Waals surface area contributed by atoms with Crippen molar-refractivity contribution >= 4 is 58.1 Å². The van der Waals surface area contributed by atoms with Gasteiger partial charge in [-0.3, -0.25) is 65.5 Å². The lowest BCUT2D eigenvalue weighted by molar-refractivity contribution is -0.387. The molecule has 0 amide bonds. The van der Waals surface area contributed by atoms with Gasteiger partial charge in [0.1, 0.15) is 30.1 Å². The molecule has 0 heterocycles. The van der Waals surface area contributed by atoms with Crippen molar-refractivity contribution in [2.75, 3.05) is 43.5 Å².